The molecule has 0 aliphatic rings. The van der Waals surface area contributed by atoms with Gasteiger partial charge in [0.25, 0.3) is 5.91 Å². The molecule has 0 radical (unpaired) electrons. The second kappa shape index (κ2) is 4.69. The predicted octanol–water partition coefficient (Wildman–Crippen LogP) is 1.50. The minimum Gasteiger partial charge on any atom is -0.472 e. The SMILES string of the molecule is Cc1cc(N)c(C(=O)NCc2ccoc2)cn1. The van der Waals surface area contributed by atoms with Crippen molar-refractivity contribution in [3.8, 4) is 0 Å². The summed E-state index contributed by atoms with van der Waals surface area (Å²) in [4.78, 5) is 15.9. The summed E-state index contributed by atoms with van der Waals surface area (Å²) < 4.78 is 4.90. The van der Waals surface area contributed by atoms with Crippen LogP contribution in [0.3, 0.4) is 0 Å². The minimum atomic E-state index is -0.240. The topological polar surface area (TPSA) is 81.2 Å². The lowest BCUT2D eigenvalue weighted by Crippen LogP contribution is -2.23. The standard InChI is InChI=1S/C12H13N3O2/c1-8-4-11(13)10(6-14-8)12(16)15-5-9-2-3-17-7-9/h2-4,6-7H,5H2,1H3,(H2,13,14)(H,15,16). The van der Waals surface area contributed by atoms with E-state index in [9.17, 15) is 4.79 Å². The lowest BCUT2D eigenvalue weighted by atomic mass is 10.2. The molecule has 0 aromatic carbocycles. The Morgan fingerprint density at radius 2 is 2.41 bits per heavy atom. The number of carbonyl (C=O) groups excluding carboxylic acids is 1. The molecular weight excluding hydrogens is 218 g/mol. The number of hydrogen-bond acceptors (Lipinski definition) is 4. The van der Waals surface area contributed by atoms with Crippen molar-refractivity contribution in [2.75, 3.05) is 5.73 Å². The van der Waals surface area contributed by atoms with E-state index in [-0.39, 0.29) is 5.91 Å². The van der Waals surface area contributed by atoms with Crippen molar-refractivity contribution in [3.05, 3.63) is 47.7 Å². The molecule has 5 heteroatoms. The van der Waals surface area contributed by atoms with Gasteiger partial charge in [0.15, 0.2) is 0 Å². The zero-order chi connectivity index (χ0) is 12.3. The van der Waals surface area contributed by atoms with Crippen molar-refractivity contribution < 1.29 is 9.21 Å². The average Bonchev–Trinajstić information content (AvgIpc) is 2.78. The number of nitrogens with one attached hydrogen (secondary N) is 1. The second-order valence-electron chi connectivity index (χ2n) is 3.73. The van der Waals surface area contributed by atoms with Crippen LogP contribution in [0.15, 0.2) is 35.3 Å². The normalized spacial score (nSPS) is 10.2. The highest BCUT2D eigenvalue weighted by molar-refractivity contribution is 5.98. The third kappa shape index (κ3) is 2.63. The van der Waals surface area contributed by atoms with Gasteiger partial charge in [0.05, 0.1) is 18.1 Å². The molecule has 17 heavy (non-hydrogen) atoms. The molecule has 0 saturated carbocycles. The number of pyridine rings is 1. The molecule has 0 atom stereocenters. The van der Waals surface area contributed by atoms with Crippen LogP contribution in [0.4, 0.5) is 5.69 Å². The molecule has 2 heterocycles. The van der Waals surface area contributed by atoms with Crippen LogP contribution >= 0.6 is 0 Å². The largest absolute Gasteiger partial charge is 0.472 e. The molecule has 2 aromatic heterocycles. The van der Waals surface area contributed by atoms with Crippen LogP contribution in [0.2, 0.25) is 0 Å². The molecule has 3 N–H and O–H groups in total. The summed E-state index contributed by atoms with van der Waals surface area (Å²) in [6, 6.07) is 3.46. The number of carbonyl (C=O) groups is 1. The number of aryl methyl sites for hydroxylation is 1. The van der Waals surface area contributed by atoms with Crippen molar-refractivity contribution in [3.63, 3.8) is 0 Å². The molecule has 2 aromatic rings. The molecular formula is C12H13N3O2. The van der Waals surface area contributed by atoms with E-state index in [1.165, 1.54) is 6.20 Å². The summed E-state index contributed by atoms with van der Waals surface area (Å²) in [7, 11) is 0. The molecule has 0 aliphatic carbocycles. The number of furan rings is 1. The van der Waals surface area contributed by atoms with E-state index in [1.54, 1.807) is 24.7 Å². The van der Waals surface area contributed by atoms with Crippen molar-refractivity contribution in [1.82, 2.24) is 10.3 Å². The van der Waals surface area contributed by atoms with Crippen LogP contribution in [-0.2, 0) is 6.54 Å². The number of nitrogens with zero attached hydrogens (tertiary/aromatic N) is 1. The number of nitrogen functional groups attached to an aromatic ring is 1. The fourth-order valence-corrected chi connectivity index (χ4v) is 1.44. The van der Waals surface area contributed by atoms with Gasteiger partial charge in [-0.2, -0.15) is 0 Å². The summed E-state index contributed by atoms with van der Waals surface area (Å²) in [5, 5.41) is 2.74. The van der Waals surface area contributed by atoms with Gasteiger partial charge in [0, 0.05) is 29.7 Å². The molecule has 0 fully saturated rings. The van der Waals surface area contributed by atoms with E-state index in [0.29, 0.717) is 17.8 Å². The Labute approximate surface area is 98.6 Å². The Morgan fingerprint density at radius 1 is 1.59 bits per heavy atom. The first-order valence-electron chi connectivity index (χ1n) is 5.18. The van der Waals surface area contributed by atoms with Crippen LogP contribution in [0.1, 0.15) is 21.6 Å². The van der Waals surface area contributed by atoms with E-state index < -0.39 is 0 Å². The Bertz CT molecular complexity index is 521. The molecule has 0 spiro atoms. The van der Waals surface area contributed by atoms with Crippen LogP contribution in [0.5, 0.6) is 0 Å². The molecule has 0 unspecified atom stereocenters. The lowest BCUT2D eigenvalue weighted by Gasteiger charge is -2.06. The summed E-state index contributed by atoms with van der Waals surface area (Å²) in [5.74, 6) is -0.240. The van der Waals surface area contributed by atoms with E-state index >= 15 is 0 Å². The highest BCUT2D eigenvalue weighted by Crippen LogP contribution is 2.11. The van der Waals surface area contributed by atoms with Gasteiger partial charge in [0.2, 0.25) is 0 Å². The third-order valence-corrected chi connectivity index (χ3v) is 2.35. The van der Waals surface area contributed by atoms with E-state index in [0.717, 1.165) is 11.3 Å². The molecule has 2 rings (SSSR count). The van der Waals surface area contributed by atoms with Crippen LogP contribution < -0.4 is 11.1 Å². The van der Waals surface area contributed by atoms with Gasteiger partial charge in [0.1, 0.15) is 0 Å². The smallest absolute Gasteiger partial charge is 0.255 e. The number of rotatable bonds is 3. The quantitative estimate of drug-likeness (QED) is 0.838. The highest BCUT2D eigenvalue weighted by atomic mass is 16.3. The number of anilines is 1. The second-order valence-corrected chi connectivity index (χ2v) is 3.73. The van der Waals surface area contributed by atoms with E-state index in [4.69, 9.17) is 10.2 Å². The van der Waals surface area contributed by atoms with Crippen LogP contribution in [0, 0.1) is 6.92 Å². The predicted molar refractivity (Wildman–Crippen MR) is 63.3 cm³/mol. The third-order valence-electron chi connectivity index (χ3n) is 2.35. The minimum absolute atomic E-state index is 0.240. The van der Waals surface area contributed by atoms with Gasteiger partial charge < -0.3 is 15.5 Å². The van der Waals surface area contributed by atoms with Crippen molar-refractivity contribution in [1.29, 1.82) is 0 Å². The van der Waals surface area contributed by atoms with Gasteiger partial charge in [-0.15, -0.1) is 0 Å². The zero-order valence-electron chi connectivity index (χ0n) is 9.43. The molecule has 0 saturated heterocycles. The first kappa shape index (κ1) is 11.2. The van der Waals surface area contributed by atoms with Crippen molar-refractivity contribution in [2.45, 2.75) is 13.5 Å². The van der Waals surface area contributed by atoms with Crippen molar-refractivity contribution >= 4 is 11.6 Å². The maximum absolute atomic E-state index is 11.8. The maximum Gasteiger partial charge on any atom is 0.255 e. The lowest BCUT2D eigenvalue weighted by molar-refractivity contribution is 0.0951. The van der Waals surface area contributed by atoms with Crippen molar-refractivity contribution in [2.24, 2.45) is 0 Å². The first-order chi connectivity index (χ1) is 8.16. The molecule has 1 amide bonds. The summed E-state index contributed by atoms with van der Waals surface area (Å²) in [6.45, 7) is 2.23. The molecule has 0 aliphatic heterocycles. The van der Waals surface area contributed by atoms with E-state index in [1.807, 2.05) is 6.92 Å². The zero-order valence-corrected chi connectivity index (χ0v) is 9.43. The molecule has 5 nitrogen and oxygen atoms in total. The van der Waals surface area contributed by atoms with Crippen LogP contribution in [0.25, 0.3) is 0 Å². The number of nitrogens with two attached hydrogens (primary N) is 1. The number of amides is 1. The van der Waals surface area contributed by atoms with Gasteiger partial charge in [-0.25, -0.2) is 0 Å². The highest BCUT2D eigenvalue weighted by Gasteiger charge is 2.10. The van der Waals surface area contributed by atoms with Gasteiger partial charge in [-0.3, -0.25) is 9.78 Å². The van der Waals surface area contributed by atoms with Gasteiger partial charge in [-0.1, -0.05) is 0 Å². The fraction of sp³-hybridized carbons (Fsp3) is 0.167. The van der Waals surface area contributed by atoms with Gasteiger partial charge >= 0.3 is 0 Å². The summed E-state index contributed by atoms with van der Waals surface area (Å²) >= 11 is 0. The molecule has 0 bridgehead atoms. The average molecular weight is 231 g/mol. The summed E-state index contributed by atoms with van der Waals surface area (Å²) in [6.07, 6.45) is 4.62. The van der Waals surface area contributed by atoms with E-state index in [2.05, 4.69) is 10.3 Å². The Hall–Kier alpha value is -2.30. The first-order valence-corrected chi connectivity index (χ1v) is 5.18. The number of hydrogen-bond donors (Lipinski definition) is 2. The molecule has 88 valence electrons. The van der Waals surface area contributed by atoms with Gasteiger partial charge in [-0.05, 0) is 19.1 Å². The van der Waals surface area contributed by atoms with Crippen LogP contribution in [-0.4, -0.2) is 10.9 Å². The monoisotopic (exact) mass is 231 g/mol. The summed E-state index contributed by atoms with van der Waals surface area (Å²) in [5.41, 5.74) is 8.26. The Morgan fingerprint density at radius 3 is 3.06 bits per heavy atom. The maximum atomic E-state index is 11.8. The Balaban J connectivity index is 2.04. The number of aromatic nitrogens is 1. The Kier molecular flexibility index (Phi) is 3.09. The fourth-order valence-electron chi connectivity index (χ4n) is 1.44.